The van der Waals surface area contributed by atoms with E-state index in [0.717, 1.165) is 5.56 Å². The van der Waals surface area contributed by atoms with Gasteiger partial charge in [0.25, 0.3) is 5.91 Å². The van der Waals surface area contributed by atoms with Crippen LogP contribution in [0.5, 0.6) is 11.5 Å². The molecule has 6 heteroatoms. The normalized spacial score (nSPS) is 10.4. The van der Waals surface area contributed by atoms with Crippen LogP contribution >= 0.6 is 0 Å². The van der Waals surface area contributed by atoms with Crippen molar-refractivity contribution < 1.29 is 23.0 Å². The predicted molar refractivity (Wildman–Crippen MR) is 78.4 cm³/mol. The highest BCUT2D eigenvalue weighted by Gasteiger charge is 2.06. The van der Waals surface area contributed by atoms with Crippen LogP contribution < -0.4 is 14.8 Å². The second-order valence-corrected chi connectivity index (χ2v) is 4.56. The predicted octanol–water partition coefficient (Wildman–Crippen LogP) is 3.61. The molecule has 22 heavy (non-hydrogen) atoms. The lowest BCUT2D eigenvalue weighted by atomic mass is 10.2. The zero-order chi connectivity index (χ0) is 15.9. The van der Waals surface area contributed by atoms with Gasteiger partial charge in [0, 0.05) is 5.69 Å². The van der Waals surface area contributed by atoms with Gasteiger partial charge < -0.3 is 14.8 Å². The Hall–Kier alpha value is -2.63. The van der Waals surface area contributed by atoms with E-state index in [9.17, 15) is 13.6 Å². The fraction of sp³-hybridized carbons (Fsp3) is 0.188. The molecule has 0 fully saturated rings. The third-order valence-electron chi connectivity index (χ3n) is 2.72. The quantitative estimate of drug-likeness (QED) is 0.887. The third kappa shape index (κ3) is 5.05. The average molecular weight is 307 g/mol. The number of rotatable bonds is 6. The number of nitrogens with one attached hydrogen (secondary N) is 1. The van der Waals surface area contributed by atoms with Crippen LogP contribution in [0.25, 0.3) is 0 Å². The van der Waals surface area contributed by atoms with Crippen LogP contribution in [0.3, 0.4) is 0 Å². The van der Waals surface area contributed by atoms with Crippen molar-refractivity contribution in [3.8, 4) is 11.5 Å². The third-order valence-corrected chi connectivity index (χ3v) is 2.72. The summed E-state index contributed by atoms with van der Waals surface area (Å²) in [6.45, 7) is -1.09. The summed E-state index contributed by atoms with van der Waals surface area (Å²) in [7, 11) is 0. The standard InChI is InChI=1S/C16H15F2NO3/c1-11-3-2-4-14(9-11)21-10-15(20)19-12-5-7-13(8-6-12)22-16(17)18/h2-9,16H,10H2,1H3,(H,19,20). The molecular formula is C16H15F2NO3. The van der Waals surface area contributed by atoms with Crippen LogP contribution in [0.15, 0.2) is 48.5 Å². The summed E-state index contributed by atoms with van der Waals surface area (Å²) >= 11 is 0. The average Bonchev–Trinajstić information content (AvgIpc) is 2.47. The first-order valence-electron chi connectivity index (χ1n) is 6.57. The summed E-state index contributed by atoms with van der Waals surface area (Å²) in [5.74, 6) is 0.295. The van der Waals surface area contributed by atoms with E-state index >= 15 is 0 Å². The van der Waals surface area contributed by atoms with Gasteiger partial charge >= 0.3 is 6.61 Å². The first-order valence-corrected chi connectivity index (χ1v) is 6.57. The molecule has 0 aliphatic rings. The molecule has 1 N–H and O–H groups in total. The first kappa shape index (κ1) is 15.8. The van der Waals surface area contributed by atoms with Gasteiger partial charge in [0.15, 0.2) is 6.61 Å². The molecule has 1 amide bonds. The Morgan fingerprint density at radius 3 is 2.50 bits per heavy atom. The van der Waals surface area contributed by atoms with Gasteiger partial charge in [-0.05, 0) is 48.9 Å². The summed E-state index contributed by atoms with van der Waals surface area (Å²) in [6, 6.07) is 13.0. The number of ether oxygens (including phenoxy) is 2. The topological polar surface area (TPSA) is 47.6 Å². The number of carbonyl (C=O) groups is 1. The monoisotopic (exact) mass is 307 g/mol. The van der Waals surface area contributed by atoms with Crippen molar-refractivity contribution in [3.63, 3.8) is 0 Å². The van der Waals surface area contributed by atoms with E-state index in [2.05, 4.69) is 10.1 Å². The molecule has 0 bridgehead atoms. The lowest BCUT2D eigenvalue weighted by molar-refractivity contribution is -0.118. The molecule has 0 aromatic heterocycles. The van der Waals surface area contributed by atoms with Gasteiger partial charge in [0.05, 0.1) is 0 Å². The number of aryl methyl sites for hydroxylation is 1. The van der Waals surface area contributed by atoms with E-state index in [0.29, 0.717) is 11.4 Å². The van der Waals surface area contributed by atoms with E-state index in [1.54, 1.807) is 6.07 Å². The Morgan fingerprint density at radius 2 is 1.86 bits per heavy atom. The molecule has 0 unspecified atom stereocenters. The van der Waals surface area contributed by atoms with Crippen LogP contribution in [0.2, 0.25) is 0 Å². The molecule has 2 aromatic rings. The molecule has 0 aliphatic heterocycles. The van der Waals surface area contributed by atoms with Crippen molar-refractivity contribution in [2.24, 2.45) is 0 Å². The minimum absolute atomic E-state index is 0.0315. The SMILES string of the molecule is Cc1cccc(OCC(=O)Nc2ccc(OC(F)F)cc2)c1. The Morgan fingerprint density at radius 1 is 1.14 bits per heavy atom. The second kappa shape index (κ2) is 7.40. The van der Waals surface area contributed by atoms with E-state index in [1.807, 2.05) is 25.1 Å². The van der Waals surface area contributed by atoms with Crippen molar-refractivity contribution >= 4 is 11.6 Å². The molecule has 2 aromatic carbocycles. The molecule has 0 atom stereocenters. The minimum Gasteiger partial charge on any atom is -0.484 e. The van der Waals surface area contributed by atoms with Crippen molar-refractivity contribution in [2.45, 2.75) is 13.5 Å². The Kier molecular flexibility index (Phi) is 5.30. The zero-order valence-electron chi connectivity index (χ0n) is 11.9. The van der Waals surface area contributed by atoms with Crippen LogP contribution in [-0.4, -0.2) is 19.1 Å². The van der Waals surface area contributed by atoms with Gasteiger partial charge in [0.1, 0.15) is 11.5 Å². The maximum atomic E-state index is 12.0. The minimum atomic E-state index is -2.87. The van der Waals surface area contributed by atoms with Crippen molar-refractivity contribution in [1.82, 2.24) is 0 Å². The molecule has 4 nitrogen and oxygen atoms in total. The Labute approximate surface area is 126 Å². The lowest BCUT2D eigenvalue weighted by Crippen LogP contribution is -2.20. The van der Waals surface area contributed by atoms with Crippen molar-refractivity contribution in [3.05, 3.63) is 54.1 Å². The maximum Gasteiger partial charge on any atom is 0.387 e. The van der Waals surface area contributed by atoms with Crippen LogP contribution in [-0.2, 0) is 4.79 Å². The molecule has 116 valence electrons. The molecule has 2 rings (SSSR count). The van der Waals surface area contributed by atoms with E-state index < -0.39 is 6.61 Å². The summed E-state index contributed by atoms with van der Waals surface area (Å²) in [6.07, 6.45) is 0. The summed E-state index contributed by atoms with van der Waals surface area (Å²) in [5.41, 5.74) is 1.51. The smallest absolute Gasteiger partial charge is 0.387 e. The Bertz CT molecular complexity index is 630. The van der Waals surface area contributed by atoms with Gasteiger partial charge in [-0.3, -0.25) is 4.79 Å². The number of anilines is 1. The largest absolute Gasteiger partial charge is 0.484 e. The maximum absolute atomic E-state index is 12.0. The van der Waals surface area contributed by atoms with Crippen LogP contribution in [0, 0.1) is 6.92 Å². The highest BCUT2D eigenvalue weighted by atomic mass is 19.3. The Balaban J connectivity index is 1.84. The van der Waals surface area contributed by atoms with Crippen molar-refractivity contribution in [2.75, 3.05) is 11.9 Å². The lowest BCUT2D eigenvalue weighted by Gasteiger charge is -2.09. The molecular weight excluding hydrogens is 292 g/mol. The number of benzene rings is 2. The van der Waals surface area contributed by atoms with E-state index in [1.165, 1.54) is 24.3 Å². The molecule has 0 aliphatic carbocycles. The fourth-order valence-electron chi connectivity index (χ4n) is 1.77. The number of hydrogen-bond acceptors (Lipinski definition) is 3. The molecule has 0 spiro atoms. The molecule has 0 radical (unpaired) electrons. The number of alkyl halides is 2. The first-order chi connectivity index (χ1) is 10.5. The second-order valence-electron chi connectivity index (χ2n) is 4.56. The number of halogens is 2. The van der Waals surface area contributed by atoms with Crippen LogP contribution in [0.1, 0.15) is 5.56 Å². The van der Waals surface area contributed by atoms with Gasteiger partial charge in [0.2, 0.25) is 0 Å². The number of hydrogen-bond donors (Lipinski definition) is 1. The van der Waals surface area contributed by atoms with Gasteiger partial charge in [-0.15, -0.1) is 0 Å². The van der Waals surface area contributed by atoms with Gasteiger partial charge in [-0.2, -0.15) is 8.78 Å². The molecule has 0 saturated heterocycles. The van der Waals surface area contributed by atoms with Gasteiger partial charge in [-0.1, -0.05) is 12.1 Å². The molecule has 0 saturated carbocycles. The highest BCUT2D eigenvalue weighted by Crippen LogP contribution is 2.18. The van der Waals surface area contributed by atoms with Gasteiger partial charge in [-0.25, -0.2) is 0 Å². The number of carbonyl (C=O) groups excluding carboxylic acids is 1. The molecule has 0 heterocycles. The highest BCUT2D eigenvalue weighted by molar-refractivity contribution is 5.91. The summed E-state index contributed by atoms with van der Waals surface area (Å²) in [4.78, 5) is 11.7. The van der Waals surface area contributed by atoms with E-state index in [4.69, 9.17) is 4.74 Å². The van der Waals surface area contributed by atoms with Crippen LogP contribution in [0.4, 0.5) is 14.5 Å². The summed E-state index contributed by atoms with van der Waals surface area (Å²) in [5, 5.41) is 2.60. The van der Waals surface area contributed by atoms with E-state index in [-0.39, 0.29) is 18.3 Å². The zero-order valence-corrected chi connectivity index (χ0v) is 11.9. The van der Waals surface area contributed by atoms with Crippen molar-refractivity contribution in [1.29, 1.82) is 0 Å². The number of amides is 1. The summed E-state index contributed by atoms with van der Waals surface area (Å²) < 4.78 is 33.6. The fourth-order valence-corrected chi connectivity index (χ4v) is 1.77.